The van der Waals surface area contributed by atoms with Crippen molar-refractivity contribution in [3.8, 4) is 0 Å². The lowest BCUT2D eigenvalue weighted by Crippen LogP contribution is -2.42. The van der Waals surface area contributed by atoms with Crippen LogP contribution in [0.25, 0.3) is 0 Å². The number of rotatable bonds is 3. The first-order chi connectivity index (χ1) is 6.52. The van der Waals surface area contributed by atoms with Crippen LogP contribution >= 0.6 is 0 Å². The normalized spacial score (nSPS) is 20.4. The van der Waals surface area contributed by atoms with Gasteiger partial charge in [0.1, 0.15) is 0 Å². The van der Waals surface area contributed by atoms with Crippen molar-refractivity contribution in [2.75, 3.05) is 19.6 Å². The van der Waals surface area contributed by atoms with Gasteiger partial charge in [-0.1, -0.05) is 12.8 Å². The zero-order valence-electron chi connectivity index (χ0n) is 8.01. The van der Waals surface area contributed by atoms with E-state index in [2.05, 4.69) is 0 Å². The summed E-state index contributed by atoms with van der Waals surface area (Å²) in [5.74, 6) is -5.63. The molecule has 1 saturated heterocycles. The lowest BCUT2D eigenvalue weighted by Gasteiger charge is -2.23. The van der Waals surface area contributed by atoms with Crippen LogP contribution in [-0.4, -0.2) is 41.5 Å². The number of hydrogen-bond acceptors (Lipinski definition) is 2. The molecule has 5 heteroatoms. The van der Waals surface area contributed by atoms with Crippen molar-refractivity contribution in [3.05, 3.63) is 0 Å². The maximum atomic E-state index is 12.8. The van der Waals surface area contributed by atoms with Crippen LogP contribution in [0.5, 0.6) is 0 Å². The number of carboxylic acids is 1. The number of carbonyl (C=O) groups is 1. The minimum absolute atomic E-state index is 0.586. The highest BCUT2D eigenvalue weighted by atomic mass is 19.3. The molecule has 1 N–H and O–H groups in total. The van der Waals surface area contributed by atoms with Crippen molar-refractivity contribution in [1.29, 1.82) is 0 Å². The molecule has 0 atom stereocenters. The van der Waals surface area contributed by atoms with E-state index in [4.69, 9.17) is 5.11 Å². The summed E-state index contributed by atoms with van der Waals surface area (Å²) in [6.07, 6.45) is 3.87. The molecule has 0 aliphatic carbocycles. The fourth-order valence-corrected chi connectivity index (χ4v) is 1.64. The van der Waals surface area contributed by atoms with Crippen LogP contribution in [0.15, 0.2) is 0 Å². The van der Waals surface area contributed by atoms with Gasteiger partial charge in [-0.25, -0.2) is 4.79 Å². The second kappa shape index (κ2) is 4.68. The molecular formula is C9H15F2NO2. The summed E-state index contributed by atoms with van der Waals surface area (Å²) in [5.41, 5.74) is 0. The van der Waals surface area contributed by atoms with Gasteiger partial charge in [-0.05, 0) is 25.9 Å². The first-order valence-corrected chi connectivity index (χ1v) is 4.86. The highest BCUT2D eigenvalue weighted by Gasteiger charge is 2.40. The zero-order valence-corrected chi connectivity index (χ0v) is 8.01. The van der Waals surface area contributed by atoms with Gasteiger partial charge in [-0.3, -0.25) is 4.90 Å². The fourth-order valence-electron chi connectivity index (χ4n) is 1.64. The third-order valence-electron chi connectivity index (χ3n) is 2.43. The van der Waals surface area contributed by atoms with Gasteiger partial charge in [0.15, 0.2) is 0 Å². The molecule has 82 valence electrons. The molecule has 0 amide bonds. The first kappa shape index (κ1) is 11.4. The van der Waals surface area contributed by atoms with Crippen molar-refractivity contribution in [1.82, 2.24) is 4.90 Å². The maximum Gasteiger partial charge on any atom is 0.375 e. The molecule has 0 radical (unpaired) electrons. The van der Waals surface area contributed by atoms with Crippen molar-refractivity contribution >= 4 is 5.97 Å². The summed E-state index contributed by atoms with van der Waals surface area (Å²) in [6.45, 7) is 0.522. The zero-order chi connectivity index (χ0) is 10.6. The van der Waals surface area contributed by atoms with E-state index in [0.29, 0.717) is 13.1 Å². The van der Waals surface area contributed by atoms with Gasteiger partial charge in [-0.15, -0.1) is 0 Å². The Morgan fingerprint density at radius 1 is 1.21 bits per heavy atom. The van der Waals surface area contributed by atoms with Crippen molar-refractivity contribution < 1.29 is 18.7 Å². The summed E-state index contributed by atoms with van der Waals surface area (Å²) in [4.78, 5) is 11.7. The molecular weight excluding hydrogens is 192 g/mol. The van der Waals surface area contributed by atoms with Crippen LogP contribution in [0, 0.1) is 0 Å². The smallest absolute Gasteiger partial charge is 0.375 e. The lowest BCUT2D eigenvalue weighted by molar-refractivity contribution is -0.167. The van der Waals surface area contributed by atoms with Crippen LogP contribution in [-0.2, 0) is 4.79 Å². The Morgan fingerprint density at radius 3 is 2.14 bits per heavy atom. The monoisotopic (exact) mass is 207 g/mol. The molecule has 1 heterocycles. The van der Waals surface area contributed by atoms with Crippen LogP contribution < -0.4 is 0 Å². The first-order valence-electron chi connectivity index (χ1n) is 4.86. The molecule has 0 bridgehead atoms. The number of aliphatic carboxylic acids is 1. The third kappa shape index (κ3) is 3.21. The summed E-state index contributed by atoms with van der Waals surface area (Å²) in [7, 11) is 0. The van der Waals surface area contributed by atoms with Crippen LogP contribution in [0.2, 0.25) is 0 Å². The largest absolute Gasteiger partial charge is 0.477 e. The summed E-state index contributed by atoms with van der Waals surface area (Å²) in [6, 6.07) is 0. The Labute approximate surface area is 81.7 Å². The average Bonchev–Trinajstić information content (AvgIpc) is 2.32. The minimum atomic E-state index is -3.61. The van der Waals surface area contributed by atoms with Gasteiger partial charge in [0.25, 0.3) is 0 Å². The van der Waals surface area contributed by atoms with E-state index in [0.717, 1.165) is 25.7 Å². The van der Waals surface area contributed by atoms with E-state index in [-0.39, 0.29) is 0 Å². The van der Waals surface area contributed by atoms with E-state index in [1.807, 2.05) is 0 Å². The summed E-state index contributed by atoms with van der Waals surface area (Å²) in [5, 5.41) is 8.27. The Hall–Kier alpha value is -0.710. The predicted molar refractivity (Wildman–Crippen MR) is 47.5 cm³/mol. The van der Waals surface area contributed by atoms with E-state index >= 15 is 0 Å². The van der Waals surface area contributed by atoms with Crippen molar-refractivity contribution in [2.24, 2.45) is 0 Å². The van der Waals surface area contributed by atoms with Gasteiger partial charge in [-0.2, -0.15) is 8.78 Å². The van der Waals surface area contributed by atoms with Gasteiger partial charge in [0.2, 0.25) is 0 Å². The molecule has 0 spiro atoms. The summed E-state index contributed by atoms with van der Waals surface area (Å²) < 4.78 is 25.6. The second-order valence-electron chi connectivity index (χ2n) is 3.70. The average molecular weight is 207 g/mol. The molecule has 0 saturated carbocycles. The molecule has 1 aliphatic heterocycles. The number of alkyl halides is 2. The van der Waals surface area contributed by atoms with Crippen molar-refractivity contribution in [2.45, 2.75) is 31.6 Å². The number of halogens is 2. The SMILES string of the molecule is O=C(O)C(F)(F)CN1CCCCCC1. The van der Waals surface area contributed by atoms with Gasteiger partial charge in [0, 0.05) is 0 Å². The Morgan fingerprint density at radius 2 is 1.71 bits per heavy atom. The molecule has 14 heavy (non-hydrogen) atoms. The molecule has 3 nitrogen and oxygen atoms in total. The highest BCUT2D eigenvalue weighted by Crippen LogP contribution is 2.18. The molecule has 0 unspecified atom stereocenters. The Kier molecular flexibility index (Phi) is 3.80. The standard InChI is InChI=1S/C9H15F2NO2/c10-9(11,8(13)14)7-12-5-3-1-2-4-6-12/h1-7H2,(H,13,14). The number of nitrogens with zero attached hydrogens (tertiary/aromatic N) is 1. The molecule has 1 aliphatic rings. The molecule has 1 rings (SSSR count). The van der Waals surface area contributed by atoms with Gasteiger partial charge in [0.05, 0.1) is 6.54 Å². The van der Waals surface area contributed by atoms with E-state index in [1.54, 1.807) is 4.90 Å². The van der Waals surface area contributed by atoms with E-state index in [9.17, 15) is 13.6 Å². The quantitative estimate of drug-likeness (QED) is 0.763. The number of likely N-dealkylation sites (tertiary alicyclic amines) is 1. The Balaban J connectivity index is 2.45. The van der Waals surface area contributed by atoms with E-state index < -0.39 is 18.4 Å². The van der Waals surface area contributed by atoms with Gasteiger partial charge < -0.3 is 5.11 Å². The molecule has 0 aromatic heterocycles. The third-order valence-corrected chi connectivity index (χ3v) is 2.43. The Bertz CT molecular complexity index is 201. The van der Waals surface area contributed by atoms with Crippen LogP contribution in [0.4, 0.5) is 8.78 Å². The molecule has 1 fully saturated rings. The van der Waals surface area contributed by atoms with Gasteiger partial charge >= 0.3 is 11.9 Å². The maximum absolute atomic E-state index is 12.8. The predicted octanol–water partition coefficient (Wildman–Crippen LogP) is 1.58. The highest BCUT2D eigenvalue weighted by molar-refractivity contribution is 5.75. The van der Waals surface area contributed by atoms with Crippen LogP contribution in [0.1, 0.15) is 25.7 Å². The van der Waals surface area contributed by atoms with E-state index in [1.165, 1.54) is 0 Å². The second-order valence-corrected chi connectivity index (χ2v) is 3.70. The number of carboxylic acid groups (broad SMARTS) is 1. The lowest BCUT2D eigenvalue weighted by atomic mass is 10.2. The number of hydrogen-bond donors (Lipinski definition) is 1. The van der Waals surface area contributed by atoms with Crippen LogP contribution in [0.3, 0.4) is 0 Å². The molecule has 0 aromatic carbocycles. The summed E-state index contributed by atoms with van der Waals surface area (Å²) >= 11 is 0. The minimum Gasteiger partial charge on any atom is -0.477 e. The fraction of sp³-hybridized carbons (Fsp3) is 0.889. The molecule has 0 aromatic rings. The van der Waals surface area contributed by atoms with Crippen molar-refractivity contribution in [3.63, 3.8) is 0 Å². The topological polar surface area (TPSA) is 40.5 Å².